The van der Waals surface area contributed by atoms with Gasteiger partial charge in [-0.15, -0.1) is 0 Å². The lowest BCUT2D eigenvalue weighted by Crippen LogP contribution is -2.46. The molecule has 0 saturated carbocycles. The monoisotopic (exact) mass is 445 g/mol. The number of nitriles is 1. The number of rotatable bonds is 5. The number of piperazine rings is 1. The van der Waals surface area contributed by atoms with Crippen LogP contribution in [0.25, 0.3) is 11.1 Å². The normalized spacial score (nSPS) is 15.5. The van der Waals surface area contributed by atoms with Crippen molar-refractivity contribution in [3.05, 3.63) is 114 Å². The second-order valence-electron chi connectivity index (χ2n) is 8.19. The first-order chi connectivity index (χ1) is 16.7. The third-order valence-electron chi connectivity index (χ3n) is 6.03. The fraction of sp³-hybridized carbons (Fsp3) is 0.143. The van der Waals surface area contributed by atoms with Crippen LogP contribution in [0.4, 0.5) is 5.82 Å². The molecule has 1 aliphatic rings. The molecule has 0 radical (unpaired) electrons. The zero-order valence-electron chi connectivity index (χ0n) is 18.6. The van der Waals surface area contributed by atoms with Crippen molar-refractivity contribution in [2.45, 2.75) is 6.04 Å². The van der Waals surface area contributed by atoms with E-state index in [0.717, 1.165) is 36.6 Å². The van der Waals surface area contributed by atoms with Crippen LogP contribution < -0.4 is 10.2 Å². The van der Waals surface area contributed by atoms with Crippen LogP contribution in [0.1, 0.15) is 33.2 Å². The second kappa shape index (κ2) is 9.65. The number of pyridine rings is 2. The molecular formula is C28H23N5O. The highest BCUT2D eigenvalue weighted by molar-refractivity contribution is 6.08. The summed E-state index contributed by atoms with van der Waals surface area (Å²) in [5, 5.41) is 13.0. The summed E-state index contributed by atoms with van der Waals surface area (Å²) in [6.07, 6.45) is 3.21. The van der Waals surface area contributed by atoms with E-state index in [9.17, 15) is 10.1 Å². The number of benzene rings is 2. The first-order valence-corrected chi connectivity index (χ1v) is 11.2. The lowest BCUT2D eigenvalue weighted by molar-refractivity contribution is 0.103. The molecule has 1 atom stereocenters. The lowest BCUT2D eigenvalue weighted by atomic mass is 9.99. The summed E-state index contributed by atoms with van der Waals surface area (Å²) in [5.74, 6) is 0.590. The molecule has 34 heavy (non-hydrogen) atoms. The van der Waals surface area contributed by atoms with Crippen LogP contribution in [0.5, 0.6) is 0 Å². The SMILES string of the molecule is N#Cc1ccccc1-c1cncc(C(=O)c2cccc(N3CCNC(c4ccccc4)C3)n2)c1. The van der Waals surface area contributed by atoms with Crippen LogP contribution in [0.2, 0.25) is 0 Å². The van der Waals surface area contributed by atoms with Gasteiger partial charge in [0, 0.05) is 54.8 Å². The fourth-order valence-electron chi connectivity index (χ4n) is 4.28. The van der Waals surface area contributed by atoms with E-state index >= 15 is 0 Å². The van der Waals surface area contributed by atoms with Crippen molar-refractivity contribution in [3.8, 4) is 17.2 Å². The van der Waals surface area contributed by atoms with Crippen molar-refractivity contribution in [1.29, 1.82) is 5.26 Å². The maximum absolute atomic E-state index is 13.3. The Kier molecular flexibility index (Phi) is 6.11. The molecule has 1 N–H and O–H groups in total. The molecule has 1 unspecified atom stereocenters. The number of nitrogens with zero attached hydrogens (tertiary/aromatic N) is 4. The predicted molar refractivity (Wildman–Crippen MR) is 131 cm³/mol. The van der Waals surface area contributed by atoms with Gasteiger partial charge in [0.1, 0.15) is 11.5 Å². The Labute approximate surface area is 198 Å². The number of carbonyl (C=O) groups is 1. The number of nitrogens with one attached hydrogen (secondary N) is 1. The number of hydrogen-bond donors (Lipinski definition) is 1. The van der Waals surface area contributed by atoms with Crippen molar-refractivity contribution >= 4 is 11.6 Å². The summed E-state index contributed by atoms with van der Waals surface area (Å²) in [6.45, 7) is 2.43. The quantitative estimate of drug-likeness (QED) is 0.459. The molecule has 4 aromatic rings. The first-order valence-electron chi connectivity index (χ1n) is 11.2. The molecular weight excluding hydrogens is 422 g/mol. The maximum Gasteiger partial charge on any atom is 0.212 e. The van der Waals surface area contributed by atoms with Gasteiger partial charge < -0.3 is 10.2 Å². The van der Waals surface area contributed by atoms with Gasteiger partial charge in [-0.2, -0.15) is 5.26 Å². The molecule has 6 heteroatoms. The topological polar surface area (TPSA) is 81.9 Å². The number of aromatic nitrogens is 2. The van der Waals surface area contributed by atoms with Crippen LogP contribution in [-0.4, -0.2) is 35.4 Å². The lowest BCUT2D eigenvalue weighted by Gasteiger charge is -2.35. The van der Waals surface area contributed by atoms with Crippen LogP contribution in [-0.2, 0) is 0 Å². The largest absolute Gasteiger partial charge is 0.353 e. The minimum absolute atomic E-state index is 0.194. The highest BCUT2D eigenvalue weighted by Crippen LogP contribution is 2.25. The van der Waals surface area contributed by atoms with E-state index in [1.165, 1.54) is 5.56 Å². The second-order valence-corrected chi connectivity index (χ2v) is 8.19. The minimum atomic E-state index is -0.194. The molecule has 5 rings (SSSR count). The highest BCUT2D eigenvalue weighted by Gasteiger charge is 2.22. The van der Waals surface area contributed by atoms with Crippen LogP contribution >= 0.6 is 0 Å². The molecule has 2 aromatic carbocycles. The Bertz CT molecular complexity index is 1360. The zero-order valence-corrected chi connectivity index (χ0v) is 18.6. The molecule has 1 fully saturated rings. The molecule has 1 aliphatic heterocycles. The molecule has 1 saturated heterocycles. The molecule has 2 aromatic heterocycles. The zero-order chi connectivity index (χ0) is 23.3. The molecule has 3 heterocycles. The summed E-state index contributed by atoms with van der Waals surface area (Å²) in [7, 11) is 0. The summed E-state index contributed by atoms with van der Waals surface area (Å²) >= 11 is 0. The van der Waals surface area contributed by atoms with Crippen LogP contribution in [0.15, 0.2) is 91.3 Å². The predicted octanol–water partition coefficient (Wildman–Crippen LogP) is 4.40. The van der Waals surface area contributed by atoms with E-state index in [-0.39, 0.29) is 11.8 Å². The Morgan fingerprint density at radius 3 is 2.68 bits per heavy atom. The molecule has 0 spiro atoms. The Morgan fingerprint density at radius 1 is 1.00 bits per heavy atom. The Morgan fingerprint density at radius 2 is 1.82 bits per heavy atom. The van der Waals surface area contributed by atoms with Gasteiger partial charge in [0.2, 0.25) is 5.78 Å². The van der Waals surface area contributed by atoms with E-state index < -0.39 is 0 Å². The molecule has 166 valence electrons. The standard InChI is InChI=1S/C28H23N5O/c29-16-21-9-4-5-10-24(21)22-15-23(18-30-17-22)28(34)25-11-6-12-27(32-25)33-14-13-31-26(19-33)20-7-2-1-3-8-20/h1-12,15,17-18,26,31H,13-14,19H2. The van der Waals surface area contributed by atoms with Gasteiger partial charge in [-0.1, -0.05) is 54.6 Å². The van der Waals surface area contributed by atoms with Crippen molar-refractivity contribution < 1.29 is 4.79 Å². The van der Waals surface area contributed by atoms with Gasteiger partial charge in [0.15, 0.2) is 0 Å². The average Bonchev–Trinajstić information content (AvgIpc) is 2.93. The van der Waals surface area contributed by atoms with Gasteiger partial charge in [-0.05, 0) is 29.8 Å². The van der Waals surface area contributed by atoms with Crippen molar-refractivity contribution in [3.63, 3.8) is 0 Å². The van der Waals surface area contributed by atoms with E-state index in [1.54, 1.807) is 30.6 Å². The van der Waals surface area contributed by atoms with E-state index in [4.69, 9.17) is 4.98 Å². The van der Waals surface area contributed by atoms with E-state index in [1.807, 2.05) is 48.5 Å². The number of hydrogen-bond acceptors (Lipinski definition) is 6. The van der Waals surface area contributed by atoms with Gasteiger partial charge in [0.25, 0.3) is 0 Å². The van der Waals surface area contributed by atoms with Gasteiger partial charge in [-0.25, -0.2) is 4.98 Å². The summed E-state index contributed by atoms with van der Waals surface area (Å²) in [4.78, 5) is 24.5. The fourth-order valence-corrected chi connectivity index (χ4v) is 4.28. The first kappa shape index (κ1) is 21.5. The number of anilines is 1. The maximum atomic E-state index is 13.3. The van der Waals surface area contributed by atoms with Crippen molar-refractivity contribution in [2.75, 3.05) is 24.5 Å². The molecule has 0 bridgehead atoms. The molecule has 0 aliphatic carbocycles. The van der Waals surface area contributed by atoms with Crippen LogP contribution in [0, 0.1) is 11.3 Å². The highest BCUT2D eigenvalue weighted by atomic mass is 16.1. The van der Waals surface area contributed by atoms with Crippen molar-refractivity contribution in [2.24, 2.45) is 0 Å². The van der Waals surface area contributed by atoms with Gasteiger partial charge in [-0.3, -0.25) is 9.78 Å². The number of ketones is 1. The average molecular weight is 446 g/mol. The summed E-state index contributed by atoms with van der Waals surface area (Å²) < 4.78 is 0. The van der Waals surface area contributed by atoms with E-state index in [0.29, 0.717) is 16.8 Å². The summed E-state index contributed by atoms with van der Waals surface area (Å²) in [6, 6.07) is 27.4. The molecule has 6 nitrogen and oxygen atoms in total. The van der Waals surface area contributed by atoms with E-state index in [2.05, 4.69) is 33.4 Å². The van der Waals surface area contributed by atoms with Crippen molar-refractivity contribution in [1.82, 2.24) is 15.3 Å². The third kappa shape index (κ3) is 4.42. The third-order valence-corrected chi connectivity index (χ3v) is 6.03. The van der Waals surface area contributed by atoms with Crippen LogP contribution in [0.3, 0.4) is 0 Å². The van der Waals surface area contributed by atoms with Gasteiger partial charge in [0.05, 0.1) is 11.6 Å². The Balaban J connectivity index is 1.40. The Hall–Kier alpha value is -4.34. The minimum Gasteiger partial charge on any atom is -0.353 e. The number of carbonyl (C=O) groups excluding carboxylic acids is 1. The summed E-state index contributed by atoms with van der Waals surface area (Å²) in [5.41, 5.74) is 4.08. The molecule has 0 amide bonds. The van der Waals surface area contributed by atoms with Gasteiger partial charge >= 0.3 is 0 Å². The smallest absolute Gasteiger partial charge is 0.212 e.